The molecule has 1 fully saturated rings. The summed E-state index contributed by atoms with van der Waals surface area (Å²) in [4.78, 5) is 11.6. The minimum atomic E-state index is -0.0432. The van der Waals surface area contributed by atoms with Crippen LogP contribution in [0.4, 0.5) is 0 Å². The van der Waals surface area contributed by atoms with E-state index in [0.29, 0.717) is 19.3 Å². The Labute approximate surface area is 98.5 Å². The molecule has 0 radical (unpaired) electrons. The van der Waals surface area contributed by atoms with Gasteiger partial charge in [0.05, 0.1) is 12.5 Å². The van der Waals surface area contributed by atoms with Crippen LogP contribution in [-0.2, 0) is 22.4 Å². The highest BCUT2D eigenvalue weighted by Gasteiger charge is 2.40. The number of carbonyl (C=O) groups is 1. The molecule has 1 aliphatic carbocycles. The minimum Gasteiger partial charge on any atom is -0.465 e. The minimum absolute atomic E-state index is 0.0432. The van der Waals surface area contributed by atoms with Gasteiger partial charge in [0.15, 0.2) is 11.5 Å². The third kappa shape index (κ3) is 1.27. The molecule has 0 unspecified atom stereocenters. The van der Waals surface area contributed by atoms with Crippen LogP contribution in [0, 0.1) is 11.8 Å². The zero-order valence-electron chi connectivity index (χ0n) is 9.27. The van der Waals surface area contributed by atoms with Gasteiger partial charge in [0.1, 0.15) is 0 Å². The van der Waals surface area contributed by atoms with Gasteiger partial charge in [-0.2, -0.15) is 0 Å². The molecule has 88 valence electrons. The molecule has 1 aromatic rings. The fraction of sp³-hybridized carbons (Fsp3) is 0.462. The summed E-state index contributed by atoms with van der Waals surface area (Å²) < 4.78 is 15.9. The third-order valence-electron chi connectivity index (χ3n) is 3.93. The molecule has 1 aromatic carbocycles. The Morgan fingerprint density at radius 3 is 2.47 bits per heavy atom. The van der Waals surface area contributed by atoms with E-state index in [2.05, 4.69) is 6.07 Å². The molecule has 4 heteroatoms. The van der Waals surface area contributed by atoms with Gasteiger partial charge in [0.2, 0.25) is 6.79 Å². The molecule has 0 N–H and O–H groups in total. The molecule has 0 spiro atoms. The number of carbonyl (C=O) groups excluding carboxylic acids is 1. The van der Waals surface area contributed by atoms with E-state index in [1.807, 2.05) is 6.07 Å². The quantitative estimate of drug-likeness (QED) is 0.632. The van der Waals surface area contributed by atoms with Crippen molar-refractivity contribution in [3.63, 3.8) is 0 Å². The second-order valence-electron chi connectivity index (χ2n) is 4.88. The van der Waals surface area contributed by atoms with Crippen molar-refractivity contribution in [2.24, 2.45) is 11.8 Å². The van der Waals surface area contributed by atoms with Crippen LogP contribution in [0.1, 0.15) is 11.1 Å². The maximum atomic E-state index is 11.6. The lowest BCUT2D eigenvalue weighted by atomic mass is 9.77. The van der Waals surface area contributed by atoms with E-state index in [4.69, 9.17) is 14.2 Å². The largest absolute Gasteiger partial charge is 0.465 e. The van der Waals surface area contributed by atoms with Gasteiger partial charge < -0.3 is 14.2 Å². The molecule has 3 aliphatic rings. The smallest absolute Gasteiger partial charge is 0.309 e. The molecule has 0 saturated carbocycles. The van der Waals surface area contributed by atoms with Gasteiger partial charge in [-0.05, 0) is 36.1 Å². The van der Waals surface area contributed by atoms with Gasteiger partial charge in [-0.1, -0.05) is 0 Å². The van der Waals surface area contributed by atoms with Crippen molar-refractivity contribution in [3.05, 3.63) is 23.3 Å². The van der Waals surface area contributed by atoms with Crippen molar-refractivity contribution in [1.29, 1.82) is 0 Å². The number of benzene rings is 1. The maximum Gasteiger partial charge on any atom is 0.309 e. The van der Waals surface area contributed by atoms with E-state index >= 15 is 0 Å². The Kier molecular flexibility index (Phi) is 1.73. The highest BCUT2D eigenvalue weighted by Crippen LogP contribution is 2.41. The first-order valence-electron chi connectivity index (χ1n) is 5.89. The van der Waals surface area contributed by atoms with Crippen LogP contribution in [0.3, 0.4) is 0 Å². The summed E-state index contributed by atoms with van der Waals surface area (Å²) in [6.45, 7) is 0.866. The summed E-state index contributed by atoms with van der Waals surface area (Å²) in [6, 6.07) is 4.07. The van der Waals surface area contributed by atoms with Crippen LogP contribution in [0.15, 0.2) is 12.1 Å². The van der Waals surface area contributed by atoms with E-state index < -0.39 is 0 Å². The summed E-state index contributed by atoms with van der Waals surface area (Å²) in [5.74, 6) is 1.97. The Hall–Kier alpha value is -1.71. The van der Waals surface area contributed by atoms with Gasteiger partial charge in [-0.25, -0.2) is 0 Å². The summed E-state index contributed by atoms with van der Waals surface area (Å²) >= 11 is 0. The third-order valence-corrected chi connectivity index (χ3v) is 3.93. The van der Waals surface area contributed by atoms with Crippen LogP contribution < -0.4 is 9.47 Å². The molecular formula is C13H12O4. The predicted molar refractivity (Wildman–Crippen MR) is 57.9 cm³/mol. The molecule has 2 heterocycles. The molecule has 4 nitrogen and oxygen atoms in total. The van der Waals surface area contributed by atoms with E-state index in [-0.39, 0.29) is 11.9 Å². The number of esters is 1. The zero-order valence-corrected chi connectivity index (χ0v) is 9.27. The van der Waals surface area contributed by atoms with Crippen LogP contribution in [0.5, 0.6) is 11.5 Å². The topological polar surface area (TPSA) is 44.8 Å². The lowest BCUT2D eigenvalue weighted by molar-refractivity contribution is -0.141. The van der Waals surface area contributed by atoms with Gasteiger partial charge in [0.25, 0.3) is 0 Å². The molecule has 4 rings (SSSR count). The van der Waals surface area contributed by atoms with Crippen molar-refractivity contribution in [2.75, 3.05) is 13.4 Å². The van der Waals surface area contributed by atoms with Gasteiger partial charge in [-0.3, -0.25) is 4.79 Å². The van der Waals surface area contributed by atoms with Crippen molar-refractivity contribution in [3.8, 4) is 11.5 Å². The molecule has 1 saturated heterocycles. The molecule has 2 atom stereocenters. The Bertz CT molecular complexity index is 508. The summed E-state index contributed by atoms with van der Waals surface area (Å²) in [5, 5.41) is 0. The second-order valence-corrected chi connectivity index (χ2v) is 4.88. The first kappa shape index (κ1) is 9.33. The Morgan fingerprint density at radius 1 is 1.00 bits per heavy atom. The van der Waals surface area contributed by atoms with E-state index in [1.165, 1.54) is 11.1 Å². The van der Waals surface area contributed by atoms with E-state index in [9.17, 15) is 4.79 Å². The summed E-state index contributed by atoms with van der Waals surface area (Å²) in [7, 11) is 0. The molecule has 0 aromatic heterocycles. The number of hydrogen-bond donors (Lipinski definition) is 0. The first-order valence-corrected chi connectivity index (χ1v) is 5.89. The predicted octanol–water partition coefficient (Wildman–Crippen LogP) is 1.30. The fourth-order valence-corrected chi connectivity index (χ4v) is 2.98. The lowest BCUT2D eigenvalue weighted by Crippen LogP contribution is -2.25. The summed E-state index contributed by atoms with van der Waals surface area (Å²) in [5.41, 5.74) is 2.48. The highest BCUT2D eigenvalue weighted by molar-refractivity contribution is 5.76. The normalized spacial score (nSPS) is 28.6. The number of rotatable bonds is 0. The highest BCUT2D eigenvalue weighted by atomic mass is 16.7. The average molecular weight is 232 g/mol. The van der Waals surface area contributed by atoms with Crippen LogP contribution in [0.25, 0.3) is 0 Å². The monoisotopic (exact) mass is 232 g/mol. The Balaban J connectivity index is 1.77. The van der Waals surface area contributed by atoms with Crippen molar-refractivity contribution >= 4 is 5.97 Å². The summed E-state index contributed by atoms with van der Waals surface area (Å²) in [6.07, 6.45) is 1.68. The maximum absolute atomic E-state index is 11.6. The zero-order chi connectivity index (χ0) is 11.4. The SMILES string of the molecule is O=C1OC[C@@H]2Cc3cc4c(cc3C[C@@H]12)OCO4. The lowest BCUT2D eigenvalue weighted by Gasteiger charge is -2.24. The molecule has 17 heavy (non-hydrogen) atoms. The number of hydrogen-bond acceptors (Lipinski definition) is 4. The van der Waals surface area contributed by atoms with Crippen molar-refractivity contribution in [2.45, 2.75) is 12.8 Å². The van der Waals surface area contributed by atoms with Crippen molar-refractivity contribution in [1.82, 2.24) is 0 Å². The molecule has 2 aliphatic heterocycles. The van der Waals surface area contributed by atoms with E-state index in [1.54, 1.807) is 0 Å². The number of cyclic esters (lactones) is 1. The molecule has 0 amide bonds. The van der Waals surface area contributed by atoms with Gasteiger partial charge in [0, 0.05) is 5.92 Å². The number of fused-ring (bicyclic) bond motifs is 3. The van der Waals surface area contributed by atoms with Crippen molar-refractivity contribution < 1.29 is 19.0 Å². The van der Waals surface area contributed by atoms with E-state index in [0.717, 1.165) is 24.3 Å². The first-order chi connectivity index (χ1) is 8.31. The second kappa shape index (κ2) is 3.15. The van der Waals surface area contributed by atoms with Crippen LogP contribution in [-0.4, -0.2) is 19.4 Å². The van der Waals surface area contributed by atoms with Crippen LogP contribution >= 0.6 is 0 Å². The van der Waals surface area contributed by atoms with Crippen LogP contribution in [0.2, 0.25) is 0 Å². The van der Waals surface area contributed by atoms with Gasteiger partial charge >= 0.3 is 5.97 Å². The molecule has 0 bridgehead atoms. The fourth-order valence-electron chi connectivity index (χ4n) is 2.98. The molecular weight excluding hydrogens is 220 g/mol. The number of ether oxygens (including phenoxy) is 3. The average Bonchev–Trinajstić information content (AvgIpc) is 2.91. The Morgan fingerprint density at radius 2 is 1.71 bits per heavy atom. The van der Waals surface area contributed by atoms with Gasteiger partial charge in [-0.15, -0.1) is 0 Å². The standard InChI is InChI=1S/C13H12O4/c14-13-10-2-8-4-12-11(16-6-17-12)3-7(8)1-9(10)5-15-13/h3-4,9-10H,1-2,5-6H2/t9-,10+/m0/s1.